The Morgan fingerprint density at radius 2 is 0.860 bits per heavy atom. The number of carbonyl (C=O) groups excluding carboxylic acids is 6. The van der Waals surface area contributed by atoms with Crippen molar-refractivity contribution in [3.8, 4) is 0 Å². The van der Waals surface area contributed by atoms with Crippen LogP contribution in [0, 0.1) is 0 Å². The third-order valence-corrected chi connectivity index (χ3v) is 7.99. The molecule has 2 heterocycles. The lowest BCUT2D eigenvalue weighted by atomic mass is 9.83. The van der Waals surface area contributed by atoms with Crippen LogP contribution in [0.25, 0.3) is 10.8 Å². The Kier molecular flexibility index (Phi) is 12.5. The zero-order valence-corrected chi connectivity index (χ0v) is 28.3. The van der Waals surface area contributed by atoms with Crippen LogP contribution in [-0.4, -0.2) is 108 Å². The van der Waals surface area contributed by atoms with Gasteiger partial charge in [-0.1, -0.05) is 24.3 Å². The average molecular weight is 705 g/mol. The fourth-order valence-electron chi connectivity index (χ4n) is 6.12. The summed E-state index contributed by atoms with van der Waals surface area (Å²) in [5, 5.41) is 24.9. The molecular formula is C34H40O16. The summed E-state index contributed by atoms with van der Waals surface area (Å²) in [7, 11) is 0. The predicted molar refractivity (Wildman–Crippen MR) is 167 cm³/mol. The topological polar surface area (TPSA) is 217 Å². The second-order valence-electron chi connectivity index (χ2n) is 11.9. The van der Waals surface area contributed by atoms with Crippen LogP contribution in [0.3, 0.4) is 0 Å². The maximum absolute atomic E-state index is 12.2. The van der Waals surface area contributed by atoms with Gasteiger partial charge in [0.2, 0.25) is 0 Å². The van der Waals surface area contributed by atoms with Gasteiger partial charge in [0.25, 0.3) is 0 Å². The van der Waals surface area contributed by atoms with E-state index >= 15 is 0 Å². The first kappa shape index (κ1) is 38.2. The van der Waals surface area contributed by atoms with Gasteiger partial charge in [0.1, 0.15) is 49.8 Å². The number of aliphatic hydroxyl groups is 2. The second-order valence-corrected chi connectivity index (χ2v) is 11.9. The number of benzene rings is 2. The number of hydrogen-bond donors (Lipinski definition) is 2. The van der Waals surface area contributed by atoms with Crippen molar-refractivity contribution in [3.05, 3.63) is 47.5 Å². The summed E-state index contributed by atoms with van der Waals surface area (Å²) in [6.45, 7) is 5.75. The zero-order chi connectivity index (χ0) is 36.9. The third-order valence-electron chi connectivity index (χ3n) is 7.99. The van der Waals surface area contributed by atoms with E-state index in [1.54, 1.807) is 36.4 Å². The van der Waals surface area contributed by atoms with Crippen LogP contribution < -0.4 is 0 Å². The minimum Gasteiger partial charge on any atom is -0.463 e. The van der Waals surface area contributed by atoms with E-state index in [9.17, 15) is 39.0 Å². The van der Waals surface area contributed by atoms with E-state index in [0.29, 0.717) is 10.8 Å². The lowest BCUT2D eigenvalue weighted by molar-refractivity contribution is -0.254. The molecule has 0 aromatic heterocycles. The molecule has 2 fully saturated rings. The molecule has 0 unspecified atom stereocenters. The molecule has 0 bridgehead atoms. The molecule has 0 radical (unpaired) electrons. The van der Waals surface area contributed by atoms with E-state index in [2.05, 4.69) is 0 Å². The Hall–Kier alpha value is -4.64. The number of carbonyl (C=O) groups is 6. The number of hydrogen-bond acceptors (Lipinski definition) is 16. The van der Waals surface area contributed by atoms with Gasteiger partial charge in [-0.25, -0.2) is 0 Å². The first-order valence-corrected chi connectivity index (χ1v) is 15.7. The molecular weight excluding hydrogens is 664 g/mol. The van der Waals surface area contributed by atoms with Crippen LogP contribution >= 0.6 is 0 Å². The molecule has 10 atom stereocenters. The maximum Gasteiger partial charge on any atom is 0.303 e. The lowest BCUT2D eigenvalue weighted by Gasteiger charge is -2.46. The summed E-state index contributed by atoms with van der Waals surface area (Å²) in [5.74, 6) is -4.61. The smallest absolute Gasteiger partial charge is 0.303 e. The molecule has 2 N–H and O–H groups in total. The Labute approximate surface area is 286 Å². The van der Waals surface area contributed by atoms with Gasteiger partial charge < -0.3 is 48.1 Å². The van der Waals surface area contributed by atoms with Gasteiger partial charge in [-0.2, -0.15) is 0 Å². The van der Waals surface area contributed by atoms with E-state index < -0.39 is 110 Å². The van der Waals surface area contributed by atoms with Crippen molar-refractivity contribution < 1.29 is 76.9 Å². The maximum atomic E-state index is 12.2. The monoisotopic (exact) mass is 704 g/mol. The molecule has 0 spiro atoms. The molecule has 2 aromatic carbocycles. The van der Waals surface area contributed by atoms with Gasteiger partial charge in [0.15, 0.2) is 24.4 Å². The Morgan fingerprint density at radius 3 is 1.16 bits per heavy atom. The molecule has 0 aliphatic carbocycles. The van der Waals surface area contributed by atoms with Gasteiger partial charge in [-0.05, 0) is 34.0 Å². The van der Waals surface area contributed by atoms with E-state index in [0.717, 1.165) is 41.5 Å². The summed E-state index contributed by atoms with van der Waals surface area (Å²) >= 11 is 0. The van der Waals surface area contributed by atoms with E-state index in [1.165, 1.54) is 0 Å². The van der Waals surface area contributed by atoms with Gasteiger partial charge >= 0.3 is 35.8 Å². The lowest BCUT2D eigenvalue weighted by Crippen LogP contribution is -2.59. The summed E-state index contributed by atoms with van der Waals surface area (Å²) in [6, 6.07) is 10.3. The largest absolute Gasteiger partial charge is 0.463 e. The molecule has 0 saturated carbocycles. The van der Waals surface area contributed by atoms with Crippen molar-refractivity contribution in [2.45, 2.75) is 103 Å². The number of fused-ring (bicyclic) bond motifs is 1. The SMILES string of the molecule is CC(=O)OC[C@H]1O[C@@H](c2cc3ccccc3cc2[C@@H]2O[C@H](COC(C)=O)[C@@H](OC(C)=O)[C@H](OC(C)=O)[C@H]2O)[C@H](O)[C@@H](OC(C)=O)[C@@H]1OC(C)=O. The molecule has 50 heavy (non-hydrogen) atoms. The normalized spacial score (nSPS) is 29.3. The van der Waals surface area contributed by atoms with E-state index in [-0.39, 0.29) is 11.1 Å². The number of ether oxygens (including phenoxy) is 8. The van der Waals surface area contributed by atoms with Crippen LogP contribution in [0.15, 0.2) is 36.4 Å². The predicted octanol–water partition coefficient (Wildman–Crippen LogP) is 1.29. The molecule has 4 rings (SSSR count). The van der Waals surface area contributed by atoms with Crippen LogP contribution in [0.4, 0.5) is 0 Å². The number of esters is 6. The minimum atomic E-state index is -1.72. The summed E-state index contributed by atoms with van der Waals surface area (Å²) < 4.78 is 44.7. The first-order chi connectivity index (χ1) is 23.6. The van der Waals surface area contributed by atoms with Crippen molar-refractivity contribution in [1.82, 2.24) is 0 Å². The summed E-state index contributed by atoms with van der Waals surface area (Å²) in [6.07, 6.45) is -14.6. The molecule has 272 valence electrons. The third kappa shape index (κ3) is 9.12. The van der Waals surface area contributed by atoms with Gasteiger partial charge in [-0.3, -0.25) is 28.8 Å². The Balaban J connectivity index is 1.91. The van der Waals surface area contributed by atoms with E-state index in [1.807, 2.05) is 0 Å². The molecule has 2 aliphatic rings. The second kappa shape index (κ2) is 16.4. The van der Waals surface area contributed by atoms with Crippen molar-refractivity contribution in [2.24, 2.45) is 0 Å². The highest BCUT2D eigenvalue weighted by atomic mass is 16.6. The van der Waals surface area contributed by atoms with Crippen molar-refractivity contribution >= 4 is 46.6 Å². The fraction of sp³-hybridized carbons (Fsp3) is 0.529. The quantitative estimate of drug-likeness (QED) is 0.263. The molecule has 16 heteroatoms. The molecule has 2 aromatic rings. The molecule has 2 aliphatic heterocycles. The fourth-order valence-corrected chi connectivity index (χ4v) is 6.12. The van der Waals surface area contributed by atoms with Crippen LogP contribution in [0.2, 0.25) is 0 Å². The standard InChI is InChI=1S/C34H40O16/c1-15(35)43-13-25-31(45-17(3)37)33(47-19(5)39)27(41)29(49-25)23-11-21-9-7-8-10-22(21)12-24(23)30-28(42)34(48-20(6)40)32(46-18(4)38)26(50-30)14-44-16(2)36/h7-12,25-34,41-42H,13-14H2,1-6H3/t25-,26-,27+,28+,29+,30+,31-,32-,33-,34-/m1/s1. The highest BCUT2D eigenvalue weighted by molar-refractivity contribution is 5.84. The number of aliphatic hydroxyl groups excluding tert-OH is 2. The highest BCUT2D eigenvalue weighted by Crippen LogP contribution is 2.44. The van der Waals surface area contributed by atoms with Gasteiger partial charge in [-0.15, -0.1) is 0 Å². The Bertz CT molecular complexity index is 1490. The van der Waals surface area contributed by atoms with Crippen molar-refractivity contribution in [2.75, 3.05) is 13.2 Å². The average Bonchev–Trinajstić information content (AvgIpc) is 3.02. The molecule has 2 saturated heterocycles. The molecule has 0 amide bonds. The molecule has 16 nitrogen and oxygen atoms in total. The zero-order valence-electron chi connectivity index (χ0n) is 28.3. The van der Waals surface area contributed by atoms with Gasteiger partial charge in [0, 0.05) is 41.5 Å². The van der Waals surface area contributed by atoms with Crippen LogP contribution in [-0.2, 0) is 66.7 Å². The van der Waals surface area contributed by atoms with Crippen molar-refractivity contribution in [3.63, 3.8) is 0 Å². The summed E-state index contributed by atoms with van der Waals surface area (Å²) in [5.41, 5.74) is 0.371. The number of rotatable bonds is 10. The van der Waals surface area contributed by atoms with E-state index in [4.69, 9.17) is 37.9 Å². The summed E-state index contributed by atoms with van der Waals surface area (Å²) in [4.78, 5) is 72.3. The van der Waals surface area contributed by atoms with Crippen LogP contribution in [0.5, 0.6) is 0 Å². The van der Waals surface area contributed by atoms with Crippen molar-refractivity contribution in [1.29, 1.82) is 0 Å². The minimum absolute atomic E-state index is 0.185. The Morgan fingerprint density at radius 1 is 0.540 bits per heavy atom. The first-order valence-electron chi connectivity index (χ1n) is 15.7. The van der Waals surface area contributed by atoms with Crippen LogP contribution in [0.1, 0.15) is 64.9 Å². The highest BCUT2D eigenvalue weighted by Gasteiger charge is 2.54. The van der Waals surface area contributed by atoms with Gasteiger partial charge in [0.05, 0.1) is 0 Å².